The van der Waals surface area contributed by atoms with Crippen LogP contribution in [0.4, 0.5) is 18.0 Å². The monoisotopic (exact) mass is 708 g/mol. The van der Waals surface area contributed by atoms with Crippen LogP contribution in [0.3, 0.4) is 0 Å². The number of likely N-dealkylation sites (tertiary alicyclic amines) is 1. The standard InChI is InChI=1S/C32H51F3N4O8S/c1-29(2,3)47-28(44)38-22(18-12-10-9-11-13-18)27(43)39-17-19-21(31(19,7)8)23(39)25(41)37-20(16-32(33,34)35)24(40)26(42)36-14-15-48(45,46)30(4,5)6/h18-23H,9-17H2,1-8H3,(H,36,42)(H,37,41)(H,38,44)/t19?,20?,21?,22-,23-/m0/s1. The Balaban J connectivity index is 1.84. The van der Waals surface area contributed by atoms with Crippen LogP contribution in [0.1, 0.15) is 93.9 Å². The fourth-order valence-corrected chi connectivity index (χ4v) is 7.81. The van der Waals surface area contributed by atoms with Gasteiger partial charge in [-0.15, -0.1) is 0 Å². The predicted octanol–water partition coefficient (Wildman–Crippen LogP) is 3.28. The Kier molecular flexibility index (Phi) is 11.6. The van der Waals surface area contributed by atoms with Crippen LogP contribution >= 0.6 is 0 Å². The summed E-state index contributed by atoms with van der Waals surface area (Å²) in [6.07, 6.45) is -3.71. The van der Waals surface area contributed by atoms with E-state index in [1.165, 1.54) is 25.7 Å². The van der Waals surface area contributed by atoms with Gasteiger partial charge in [-0.05, 0) is 77.6 Å². The summed E-state index contributed by atoms with van der Waals surface area (Å²) < 4.78 is 69.8. The number of ketones is 1. The van der Waals surface area contributed by atoms with Crippen LogP contribution in [0.2, 0.25) is 0 Å². The van der Waals surface area contributed by atoms with Gasteiger partial charge in [0.1, 0.15) is 23.7 Å². The molecule has 0 aromatic carbocycles. The Bertz CT molecular complexity index is 1360. The molecule has 16 heteroatoms. The number of halogens is 3. The quantitative estimate of drug-likeness (QED) is 0.275. The summed E-state index contributed by atoms with van der Waals surface area (Å²) in [7, 11) is -3.70. The van der Waals surface area contributed by atoms with E-state index in [-0.39, 0.29) is 18.4 Å². The van der Waals surface area contributed by atoms with Crippen molar-refractivity contribution in [3.05, 3.63) is 0 Å². The number of ether oxygens (including phenoxy) is 1. The van der Waals surface area contributed by atoms with E-state index in [1.807, 2.05) is 13.8 Å². The summed E-state index contributed by atoms with van der Waals surface area (Å²) in [5.74, 6) is -6.05. The minimum Gasteiger partial charge on any atom is -0.444 e. The predicted molar refractivity (Wildman–Crippen MR) is 170 cm³/mol. The lowest BCUT2D eigenvalue weighted by molar-refractivity contribution is -0.155. The number of nitrogens with zero attached hydrogens (tertiary/aromatic N) is 1. The lowest BCUT2D eigenvalue weighted by Crippen LogP contribution is -2.60. The Morgan fingerprint density at radius 1 is 0.938 bits per heavy atom. The molecule has 0 bridgehead atoms. The number of hydrogen-bond acceptors (Lipinski definition) is 8. The maximum Gasteiger partial charge on any atom is 0.408 e. The first-order valence-electron chi connectivity index (χ1n) is 16.5. The van der Waals surface area contributed by atoms with Crippen molar-refractivity contribution in [2.75, 3.05) is 18.8 Å². The second kappa shape index (κ2) is 14.1. The third kappa shape index (κ3) is 9.62. The van der Waals surface area contributed by atoms with Gasteiger partial charge in [0, 0.05) is 13.1 Å². The van der Waals surface area contributed by atoms with Crippen LogP contribution in [-0.4, -0.2) is 96.4 Å². The average molecular weight is 709 g/mol. The maximum absolute atomic E-state index is 14.2. The number of fused-ring (bicyclic) bond motifs is 1. The van der Waals surface area contributed by atoms with E-state index < -0.39 is 104 Å². The van der Waals surface area contributed by atoms with E-state index in [0.717, 1.165) is 19.3 Å². The zero-order valence-corrected chi connectivity index (χ0v) is 29.9. The van der Waals surface area contributed by atoms with E-state index in [2.05, 4.69) is 16.0 Å². The number of hydrogen-bond donors (Lipinski definition) is 3. The van der Waals surface area contributed by atoms with Crippen LogP contribution in [0.15, 0.2) is 0 Å². The van der Waals surface area contributed by atoms with Gasteiger partial charge in [-0.25, -0.2) is 13.2 Å². The molecule has 3 fully saturated rings. The van der Waals surface area contributed by atoms with E-state index in [0.29, 0.717) is 12.8 Å². The van der Waals surface area contributed by atoms with Gasteiger partial charge in [0.2, 0.25) is 17.6 Å². The number of alkyl halides is 3. The fraction of sp³-hybridized carbons (Fsp3) is 0.844. The molecule has 48 heavy (non-hydrogen) atoms. The van der Waals surface area contributed by atoms with Gasteiger partial charge in [-0.3, -0.25) is 19.2 Å². The Morgan fingerprint density at radius 2 is 1.52 bits per heavy atom. The summed E-state index contributed by atoms with van der Waals surface area (Å²) in [5.41, 5.74) is -1.28. The third-order valence-corrected chi connectivity index (χ3v) is 12.3. The molecule has 1 saturated heterocycles. The van der Waals surface area contributed by atoms with Gasteiger partial charge < -0.3 is 25.6 Å². The van der Waals surface area contributed by atoms with E-state index in [9.17, 15) is 45.6 Å². The highest BCUT2D eigenvalue weighted by Crippen LogP contribution is 2.65. The first-order chi connectivity index (χ1) is 21.8. The molecule has 274 valence electrons. The third-order valence-electron chi connectivity index (χ3n) is 9.70. The number of carbonyl (C=O) groups is 5. The smallest absolute Gasteiger partial charge is 0.408 e. The molecule has 2 aliphatic carbocycles. The van der Waals surface area contributed by atoms with E-state index >= 15 is 0 Å². The van der Waals surface area contributed by atoms with Gasteiger partial charge in [0.25, 0.3) is 5.91 Å². The van der Waals surface area contributed by atoms with Crippen molar-refractivity contribution in [3.63, 3.8) is 0 Å². The maximum atomic E-state index is 14.2. The molecular formula is C32H51F3N4O8S. The molecule has 3 N–H and O–H groups in total. The summed E-state index contributed by atoms with van der Waals surface area (Å²) in [5, 5.41) is 6.85. The van der Waals surface area contributed by atoms with Crippen LogP contribution in [0, 0.1) is 23.2 Å². The number of alkyl carbamates (subject to hydrolysis) is 1. The zero-order chi connectivity index (χ0) is 36.6. The van der Waals surface area contributed by atoms with Crippen molar-refractivity contribution in [2.24, 2.45) is 23.2 Å². The van der Waals surface area contributed by atoms with Crippen LogP contribution in [0.5, 0.6) is 0 Å². The fourth-order valence-electron chi connectivity index (χ4n) is 6.82. The largest absolute Gasteiger partial charge is 0.444 e. The van der Waals surface area contributed by atoms with E-state index in [4.69, 9.17) is 4.74 Å². The van der Waals surface area contributed by atoms with Gasteiger partial charge in [0.15, 0.2) is 9.84 Å². The molecule has 3 aliphatic rings. The van der Waals surface area contributed by atoms with Crippen molar-refractivity contribution in [1.82, 2.24) is 20.9 Å². The molecule has 3 unspecified atom stereocenters. The molecule has 12 nitrogen and oxygen atoms in total. The van der Waals surface area contributed by atoms with Crippen molar-refractivity contribution >= 4 is 39.4 Å². The minimum absolute atomic E-state index is 0.119. The normalized spacial score (nSPS) is 24.1. The van der Waals surface area contributed by atoms with Crippen molar-refractivity contribution < 1.29 is 50.3 Å². The lowest BCUT2D eigenvalue weighted by atomic mass is 9.83. The van der Waals surface area contributed by atoms with Gasteiger partial charge in [0.05, 0.1) is 16.9 Å². The summed E-state index contributed by atoms with van der Waals surface area (Å²) in [4.78, 5) is 67.7. The first kappa shape index (κ1) is 39.5. The van der Waals surface area contributed by atoms with E-state index in [1.54, 1.807) is 20.8 Å². The number of carbonyl (C=O) groups excluding carboxylic acids is 5. The highest BCUT2D eigenvalue weighted by molar-refractivity contribution is 7.92. The Labute approximate surface area is 280 Å². The number of Topliss-reactive ketones (excluding diaryl/α,β-unsaturated/α-hetero) is 1. The second-order valence-electron chi connectivity index (χ2n) is 15.8. The molecule has 0 aromatic heterocycles. The molecular weight excluding hydrogens is 657 g/mol. The van der Waals surface area contributed by atoms with Crippen LogP contribution in [0.25, 0.3) is 0 Å². The second-order valence-corrected chi connectivity index (χ2v) is 18.7. The topological polar surface area (TPSA) is 168 Å². The molecule has 3 rings (SSSR count). The first-order valence-corrected chi connectivity index (χ1v) is 18.1. The van der Waals surface area contributed by atoms with Gasteiger partial charge in [-0.2, -0.15) is 13.2 Å². The molecule has 4 amide bonds. The molecule has 2 saturated carbocycles. The SMILES string of the molecule is CC(C)(C)OC(=O)N[C@H](C(=O)N1CC2C([C@H]1C(=O)NC(CC(F)(F)F)C(=O)C(=O)NCCS(=O)(=O)C(C)(C)C)C2(C)C)C1CCCCC1. The molecule has 1 aliphatic heterocycles. The lowest BCUT2D eigenvalue weighted by Gasteiger charge is -2.37. The molecule has 5 atom stereocenters. The van der Waals surface area contributed by atoms with Gasteiger partial charge >= 0.3 is 12.3 Å². The Hall–Kier alpha value is -2.91. The summed E-state index contributed by atoms with van der Waals surface area (Å²) >= 11 is 0. The van der Waals surface area contributed by atoms with Crippen LogP contribution in [-0.2, 0) is 33.8 Å². The summed E-state index contributed by atoms with van der Waals surface area (Å²) in [6, 6.07) is -4.62. The molecule has 0 radical (unpaired) electrons. The highest BCUT2D eigenvalue weighted by atomic mass is 32.2. The zero-order valence-electron chi connectivity index (χ0n) is 29.1. The number of nitrogens with one attached hydrogen (secondary N) is 3. The van der Waals surface area contributed by atoms with Crippen molar-refractivity contribution in [3.8, 4) is 0 Å². The van der Waals surface area contributed by atoms with Crippen molar-refractivity contribution in [2.45, 2.75) is 129 Å². The number of piperidine rings is 1. The van der Waals surface area contributed by atoms with Crippen LogP contribution < -0.4 is 16.0 Å². The number of rotatable bonds is 11. The van der Waals surface area contributed by atoms with Crippen molar-refractivity contribution in [1.29, 1.82) is 0 Å². The number of sulfone groups is 1. The Morgan fingerprint density at radius 3 is 2.04 bits per heavy atom. The minimum atomic E-state index is -4.96. The highest BCUT2D eigenvalue weighted by Gasteiger charge is 2.70. The average Bonchev–Trinajstić information content (AvgIpc) is 3.25. The molecule has 1 heterocycles. The summed E-state index contributed by atoms with van der Waals surface area (Å²) in [6.45, 7) is 12.7. The molecule has 0 aromatic rings. The number of amides is 4. The molecule has 0 spiro atoms. The van der Waals surface area contributed by atoms with Gasteiger partial charge in [-0.1, -0.05) is 33.1 Å².